The third kappa shape index (κ3) is 40.6. The zero-order chi connectivity index (χ0) is 59.7. The van der Waals surface area contributed by atoms with Gasteiger partial charge < -0.3 is 20.4 Å². The van der Waals surface area contributed by atoms with Crippen LogP contribution in [0.15, 0.2) is 82.0 Å². The van der Waals surface area contributed by atoms with Gasteiger partial charge in [0.2, 0.25) is 0 Å². The van der Waals surface area contributed by atoms with E-state index < -0.39 is 0 Å². The van der Waals surface area contributed by atoms with E-state index in [0.29, 0.717) is 29.3 Å². The number of allylic oxidation sites excluding steroid dienone is 10. The van der Waals surface area contributed by atoms with Crippen LogP contribution in [0.3, 0.4) is 0 Å². The molecule has 0 saturated heterocycles. The smallest absolute Gasteiger partial charge is 0.155 e. The maximum atomic E-state index is 11.3. The van der Waals surface area contributed by atoms with Crippen molar-refractivity contribution in [3.8, 4) is 0 Å². The van der Waals surface area contributed by atoms with Gasteiger partial charge >= 0.3 is 0 Å². The molecule has 0 heterocycles. The second kappa shape index (κ2) is 46.7. The van der Waals surface area contributed by atoms with Crippen molar-refractivity contribution in [3.05, 3.63) is 82.0 Å². The highest BCUT2D eigenvalue weighted by atomic mass is 16.3. The van der Waals surface area contributed by atoms with Gasteiger partial charge in [0, 0.05) is 12.8 Å². The van der Waals surface area contributed by atoms with E-state index in [1.165, 1.54) is 181 Å². The Kier molecular flexibility index (Phi) is 44.0. The summed E-state index contributed by atoms with van der Waals surface area (Å²) in [5.74, 6) is 5.59. The maximum absolute atomic E-state index is 11.3. The number of hydrogen-bond acceptors (Lipinski definition) is 6. The van der Waals surface area contributed by atoms with Crippen molar-refractivity contribution in [3.63, 3.8) is 0 Å². The van der Waals surface area contributed by atoms with E-state index in [-0.39, 0.29) is 24.4 Å². The van der Waals surface area contributed by atoms with Crippen molar-refractivity contribution in [2.45, 2.75) is 333 Å². The number of aliphatic hydroxyl groups excluding tert-OH is 4. The highest BCUT2D eigenvalue weighted by Crippen LogP contribution is 2.32. The van der Waals surface area contributed by atoms with E-state index in [4.69, 9.17) is 0 Å². The van der Waals surface area contributed by atoms with Crippen LogP contribution in [0, 0.1) is 41.4 Å². The average molecular weight is 1120 g/mol. The summed E-state index contributed by atoms with van der Waals surface area (Å²) in [7, 11) is 0. The molecule has 0 bridgehead atoms. The third-order valence-electron chi connectivity index (χ3n) is 17.0. The Hall–Kier alpha value is -2.64. The zero-order valence-electron chi connectivity index (χ0n) is 54.6. The van der Waals surface area contributed by atoms with Crippen molar-refractivity contribution in [2.24, 2.45) is 41.4 Å². The van der Waals surface area contributed by atoms with Crippen LogP contribution in [0.1, 0.15) is 308 Å². The summed E-state index contributed by atoms with van der Waals surface area (Å²) < 4.78 is 0. The molecule has 6 heteroatoms. The molecule has 6 rings (SSSR count). The quantitative estimate of drug-likeness (QED) is 0.0565. The Balaban J connectivity index is 0.000000481. The van der Waals surface area contributed by atoms with Crippen molar-refractivity contribution < 1.29 is 30.0 Å². The fraction of sp³-hybridized carbons (Fsp3) is 0.784. The Morgan fingerprint density at radius 3 is 1.07 bits per heavy atom. The van der Waals surface area contributed by atoms with Crippen LogP contribution in [0.5, 0.6) is 0 Å². The van der Waals surface area contributed by atoms with E-state index in [1.807, 2.05) is 30.4 Å². The van der Waals surface area contributed by atoms with E-state index in [2.05, 4.69) is 102 Å². The SMILES string of the molecule is CC/C=C\CCC1CC(=O)C=C(C)C1.CC1=CC(O)CC(CC(C)C)C1.CCCC1CC(C)=CC(O)C1.CCCCCC1CC(C)=CC(O)C1.CCCCCCCC1CC(=O)C=C(C)C1.CCCCCCCC1CC(C)=CC(O)C1. The summed E-state index contributed by atoms with van der Waals surface area (Å²) in [6.45, 7) is 28.3. The molecule has 0 radical (unpaired) electrons. The zero-order valence-corrected chi connectivity index (χ0v) is 54.6. The first-order valence-corrected chi connectivity index (χ1v) is 33.6. The van der Waals surface area contributed by atoms with E-state index in [1.54, 1.807) is 6.08 Å². The molecule has 462 valence electrons. The second-order valence-electron chi connectivity index (χ2n) is 26.8. The summed E-state index contributed by atoms with van der Waals surface area (Å²) in [5.41, 5.74) is 8.02. The molecule has 6 aliphatic carbocycles. The number of unbranched alkanes of at least 4 members (excludes halogenated alkanes) is 10. The number of ketones is 2. The predicted octanol–water partition coefficient (Wildman–Crippen LogP) is 20.5. The molecule has 0 aromatic carbocycles. The average Bonchev–Trinajstić information content (AvgIpc) is 3.35. The standard InChI is InChI=1S/C14H26O.C14H24O.C13H20O.C12H22O.C11H20O.C10H18O/c2*1-3-4-5-6-7-8-13-9-12(2)10-14(15)11-13;1-3-4-5-6-7-12-8-11(2)9-13(14)10-12;1-3-4-5-6-11-7-10(2)8-12(13)9-11;1-8(2)4-10-5-9(3)6-11(12)7-10;1-3-4-9-5-8(2)6-10(11)7-9/h10,13-15H,3-9,11H2,1-2H3;10,13H,3-9,11H2,1-2H3;4-5,9,12H,3,6-8,10H2,1-2H3;8,11-13H,3-7,9H2,1-2H3;6,8,10-12H,4-5,7H2,1-3H3;6,9-11H,3-5,7H2,1-2H3/b;;5-4-;;;. The minimum atomic E-state index is -0.178. The fourth-order valence-electron chi connectivity index (χ4n) is 13.5. The molecular formula is C74H130O6. The fourth-order valence-corrected chi connectivity index (χ4v) is 13.5. The van der Waals surface area contributed by atoms with Gasteiger partial charge in [-0.05, 0) is 191 Å². The minimum absolute atomic E-state index is 0.166. The highest BCUT2D eigenvalue weighted by Gasteiger charge is 2.23. The summed E-state index contributed by atoms with van der Waals surface area (Å²) in [6, 6.07) is 0. The third-order valence-corrected chi connectivity index (χ3v) is 17.0. The van der Waals surface area contributed by atoms with Crippen LogP contribution in [0.2, 0.25) is 0 Å². The van der Waals surface area contributed by atoms with E-state index in [9.17, 15) is 30.0 Å². The molecule has 0 fully saturated rings. The summed E-state index contributed by atoms with van der Waals surface area (Å²) in [6.07, 6.45) is 56.5. The molecule has 4 N–H and O–H groups in total. The first-order chi connectivity index (χ1) is 38.2. The maximum Gasteiger partial charge on any atom is 0.155 e. The van der Waals surface area contributed by atoms with Crippen LogP contribution in [-0.2, 0) is 9.59 Å². The molecule has 6 nitrogen and oxygen atoms in total. The van der Waals surface area contributed by atoms with Crippen LogP contribution in [0.25, 0.3) is 0 Å². The molecule has 0 aliphatic heterocycles. The van der Waals surface area contributed by atoms with Gasteiger partial charge in [-0.2, -0.15) is 0 Å². The Labute approximate surface area is 495 Å². The molecule has 0 spiro atoms. The lowest BCUT2D eigenvalue weighted by Crippen LogP contribution is -2.18. The molecule has 6 aliphatic rings. The molecule has 0 aromatic rings. The molecule has 0 saturated carbocycles. The van der Waals surface area contributed by atoms with Gasteiger partial charge in [-0.1, -0.05) is 228 Å². The predicted molar refractivity (Wildman–Crippen MR) is 347 cm³/mol. The van der Waals surface area contributed by atoms with Gasteiger partial charge in [0.05, 0.1) is 24.4 Å². The molecule has 10 unspecified atom stereocenters. The first-order valence-electron chi connectivity index (χ1n) is 33.6. The molecule has 80 heavy (non-hydrogen) atoms. The van der Waals surface area contributed by atoms with Gasteiger partial charge in [0.1, 0.15) is 0 Å². The number of aliphatic hydroxyl groups is 4. The highest BCUT2D eigenvalue weighted by molar-refractivity contribution is 5.91. The monoisotopic (exact) mass is 1110 g/mol. The largest absolute Gasteiger partial charge is 0.389 e. The molecule has 10 atom stereocenters. The first kappa shape index (κ1) is 75.4. The normalized spacial score (nSPS) is 26.6. The van der Waals surface area contributed by atoms with E-state index in [0.717, 1.165) is 94.3 Å². The van der Waals surface area contributed by atoms with Crippen molar-refractivity contribution >= 4 is 11.6 Å². The lowest BCUT2D eigenvalue weighted by Gasteiger charge is -2.25. The topological polar surface area (TPSA) is 115 Å². The van der Waals surface area contributed by atoms with Crippen molar-refractivity contribution in [1.82, 2.24) is 0 Å². The Morgan fingerprint density at radius 1 is 0.388 bits per heavy atom. The number of rotatable bonds is 24. The Bertz CT molecular complexity index is 1840. The number of carbonyl (C=O) groups excluding carboxylic acids is 2. The summed E-state index contributed by atoms with van der Waals surface area (Å²) in [4.78, 5) is 22.6. The van der Waals surface area contributed by atoms with Gasteiger partial charge in [-0.25, -0.2) is 0 Å². The second-order valence-corrected chi connectivity index (χ2v) is 26.8. The minimum Gasteiger partial charge on any atom is -0.389 e. The van der Waals surface area contributed by atoms with Gasteiger partial charge in [0.25, 0.3) is 0 Å². The van der Waals surface area contributed by atoms with Crippen LogP contribution < -0.4 is 0 Å². The Morgan fingerprint density at radius 2 is 0.713 bits per heavy atom. The van der Waals surface area contributed by atoms with E-state index >= 15 is 0 Å². The molecular weight excluding hydrogens is 985 g/mol. The lowest BCUT2D eigenvalue weighted by molar-refractivity contribution is -0.116. The summed E-state index contributed by atoms with van der Waals surface area (Å²) >= 11 is 0. The van der Waals surface area contributed by atoms with Crippen molar-refractivity contribution in [2.75, 3.05) is 0 Å². The lowest BCUT2D eigenvalue weighted by atomic mass is 9.83. The van der Waals surface area contributed by atoms with Crippen molar-refractivity contribution in [1.29, 1.82) is 0 Å². The summed E-state index contributed by atoms with van der Waals surface area (Å²) in [5, 5.41) is 38.0. The number of carbonyl (C=O) groups is 2. The number of hydrogen-bond donors (Lipinski definition) is 4. The molecule has 0 aromatic heterocycles. The van der Waals surface area contributed by atoms with Gasteiger partial charge in [0.15, 0.2) is 11.6 Å². The van der Waals surface area contributed by atoms with Gasteiger partial charge in [-0.15, -0.1) is 0 Å². The van der Waals surface area contributed by atoms with Crippen LogP contribution >= 0.6 is 0 Å². The van der Waals surface area contributed by atoms with Gasteiger partial charge in [-0.3, -0.25) is 9.59 Å². The van der Waals surface area contributed by atoms with Crippen LogP contribution in [0.4, 0.5) is 0 Å². The molecule has 0 amide bonds. The van der Waals surface area contributed by atoms with Crippen LogP contribution in [-0.4, -0.2) is 56.4 Å².